The fourth-order valence-corrected chi connectivity index (χ4v) is 3.60. The Labute approximate surface area is 109 Å². The molecule has 0 atom stereocenters. The van der Waals surface area contributed by atoms with Gasteiger partial charge in [0.2, 0.25) is 0 Å². The van der Waals surface area contributed by atoms with Crippen molar-refractivity contribution in [2.75, 3.05) is 13.1 Å². The lowest BCUT2D eigenvalue weighted by Crippen LogP contribution is -2.47. The minimum atomic E-state index is -0.151. The van der Waals surface area contributed by atoms with Gasteiger partial charge in [-0.1, -0.05) is 24.3 Å². The SMILES string of the molecule is CC(C)N1CCC2(CC1)C(=O)Cc1ccccc12. The van der Waals surface area contributed by atoms with Crippen LogP contribution in [-0.4, -0.2) is 29.8 Å². The Bertz CT molecular complexity index is 470. The summed E-state index contributed by atoms with van der Waals surface area (Å²) in [5.41, 5.74) is 2.43. The minimum absolute atomic E-state index is 0.151. The first kappa shape index (κ1) is 11.9. The van der Waals surface area contributed by atoms with Gasteiger partial charge in [0.05, 0.1) is 5.41 Å². The van der Waals surface area contributed by atoms with Gasteiger partial charge in [-0.05, 0) is 50.9 Å². The molecule has 0 amide bonds. The maximum Gasteiger partial charge on any atom is 0.147 e. The highest BCUT2D eigenvalue weighted by Gasteiger charge is 2.47. The normalized spacial score (nSPS) is 22.7. The molecular formula is C16H21NO. The van der Waals surface area contributed by atoms with Crippen molar-refractivity contribution in [2.45, 2.75) is 44.6 Å². The van der Waals surface area contributed by atoms with Gasteiger partial charge in [0, 0.05) is 12.5 Å². The average molecular weight is 243 g/mol. The monoisotopic (exact) mass is 243 g/mol. The van der Waals surface area contributed by atoms with Crippen LogP contribution in [-0.2, 0) is 16.6 Å². The van der Waals surface area contributed by atoms with Gasteiger partial charge in [-0.2, -0.15) is 0 Å². The highest BCUT2D eigenvalue weighted by atomic mass is 16.1. The van der Waals surface area contributed by atoms with Gasteiger partial charge < -0.3 is 4.90 Å². The summed E-state index contributed by atoms with van der Waals surface area (Å²) in [4.78, 5) is 15.0. The lowest BCUT2D eigenvalue weighted by molar-refractivity contribution is -0.124. The Morgan fingerprint density at radius 1 is 1.17 bits per heavy atom. The molecule has 2 heteroatoms. The molecule has 1 aliphatic heterocycles. The summed E-state index contributed by atoms with van der Waals surface area (Å²) in [6.45, 7) is 6.58. The van der Waals surface area contributed by atoms with Gasteiger partial charge in [-0.3, -0.25) is 4.79 Å². The molecule has 1 spiro atoms. The van der Waals surface area contributed by atoms with Crippen LogP contribution in [0.15, 0.2) is 24.3 Å². The van der Waals surface area contributed by atoms with Gasteiger partial charge >= 0.3 is 0 Å². The molecule has 1 aliphatic carbocycles. The second kappa shape index (κ2) is 4.20. The molecule has 3 rings (SSSR count). The number of ketones is 1. The van der Waals surface area contributed by atoms with Crippen molar-refractivity contribution in [1.82, 2.24) is 4.90 Å². The van der Waals surface area contributed by atoms with E-state index in [2.05, 4.69) is 36.9 Å². The van der Waals surface area contributed by atoms with E-state index in [0.717, 1.165) is 25.9 Å². The second-order valence-electron chi connectivity index (χ2n) is 5.97. The molecule has 2 nitrogen and oxygen atoms in total. The third-order valence-electron chi connectivity index (χ3n) is 4.80. The first-order valence-corrected chi connectivity index (χ1v) is 6.99. The Morgan fingerprint density at radius 2 is 1.83 bits per heavy atom. The number of piperidine rings is 1. The number of likely N-dealkylation sites (tertiary alicyclic amines) is 1. The number of fused-ring (bicyclic) bond motifs is 2. The van der Waals surface area contributed by atoms with E-state index in [1.165, 1.54) is 11.1 Å². The largest absolute Gasteiger partial charge is 0.301 e. The van der Waals surface area contributed by atoms with Crippen molar-refractivity contribution in [3.8, 4) is 0 Å². The number of nitrogens with zero attached hydrogens (tertiary/aromatic N) is 1. The van der Waals surface area contributed by atoms with E-state index in [1.54, 1.807) is 0 Å². The zero-order valence-corrected chi connectivity index (χ0v) is 11.3. The summed E-state index contributed by atoms with van der Waals surface area (Å²) in [6, 6.07) is 9.01. The molecule has 0 N–H and O–H groups in total. The molecule has 2 aliphatic rings. The molecule has 1 aromatic rings. The van der Waals surface area contributed by atoms with Crippen LogP contribution < -0.4 is 0 Å². The van der Waals surface area contributed by atoms with Crippen LogP contribution >= 0.6 is 0 Å². The fourth-order valence-electron chi connectivity index (χ4n) is 3.60. The Morgan fingerprint density at radius 3 is 2.50 bits per heavy atom. The van der Waals surface area contributed by atoms with Crippen LogP contribution in [0.2, 0.25) is 0 Å². The van der Waals surface area contributed by atoms with Gasteiger partial charge in [0.15, 0.2) is 0 Å². The Kier molecular flexibility index (Phi) is 2.78. The van der Waals surface area contributed by atoms with E-state index in [4.69, 9.17) is 0 Å². The second-order valence-corrected chi connectivity index (χ2v) is 5.97. The van der Waals surface area contributed by atoms with Gasteiger partial charge in [0.25, 0.3) is 0 Å². The molecule has 0 radical (unpaired) electrons. The van der Waals surface area contributed by atoms with Crippen LogP contribution in [0.4, 0.5) is 0 Å². The standard InChI is InChI=1S/C16H21NO/c1-12(2)17-9-7-16(8-10-17)14-6-4-3-5-13(14)11-15(16)18/h3-6,12H,7-11H2,1-2H3. The van der Waals surface area contributed by atoms with Crippen LogP contribution in [0, 0.1) is 0 Å². The molecule has 0 unspecified atom stereocenters. The Balaban J connectivity index is 1.91. The number of Topliss-reactive ketones (excluding diaryl/α,β-unsaturated/α-hetero) is 1. The maximum atomic E-state index is 12.5. The predicted octanol–water partition coefficient (Wildman–Crippen LogP) is 2.55. The van der Waals surface area contributed by atoms with Crippen molar-refractivity contribution in [2.24, 2.45) is 0 Å². The number of rotatable bonds is 1. The van der Waals surface area contributed by atoms with E-state index >= 15 is 0 Å². The van der Waals surface area contributed by atoms with Crippen molar-refractivity contribution in [3.63, 3.8) is 0 Å². The minimum Gasteiger partial charge on any atom is -0.301 e. The van der Waals surface area contributed by atoms with E-state index < -0.39 is 0 Å². The maximum absolute atomic E-state index is 12.5. The summed E-state index contributed by atoms with van der Waals surface area (Å²) >= 11 is 0. The molecule has 0 aromatic heterocycles. The summed E-state index contributed by atoms with van der Waals surface area (Å²) < 4.78 is 0. The van der Waals surface area contributed by atoms with Gasteiger partial charge in [0.1, 0.15) is 5.78 Å². The fraction of sp³-hybridized carbons (Fsp3) is 0.562. The van der Waals surface area contributed by atoms with E-state index in [1.807, 2.05) is 6.07 Å². The number of carbonyl (C=O) groups is 1. The van der Waals surface area contributed by atoms with E-state index in [0.29, 0.717) is 18.2 Å². The molecule has 1 heterocycles. The first-order chi connectivity index (χ1) is 8.63. The summed E-state index contributed by atoms with van der Waals surface area (Å²) in [5.74, 6) is 0.451. The molecular weight excluding hydrogens is 222 g/mol. The van der Waals surface area contributed by atoms with Crippen molar-refractivity contribution >= 4 is 5.78 Å². The van der Waals surface area contributed by atoms with Crippen LogP contribution in [0.1, 0.15) is 37.8 Å². The lowest BCUT2D eigenvalue weighted by atomic mass is 9.73. The summed E-state index contributed by atoms with van der Waals surface area (Å²) in [6.07, 6.45) is 2.65. The molecule has 0 bridgehead atoms. The lowest BCUT2D eigenvalue weighted by Gasteiger charge is -2.40. The predicted molar refractivity (Wildman–Crippen MR) is 72.8 cm³/mol. The number of hydrogen-bond donors (Lipinski definition) is 0. The molecule has 1 fully saturated rings. The molecule has 1 aromatic carbocycles. The average Bonchev–Trinajstić information content (AvgIpc) is 2.64. The zero-order chi connectivity index (χ0) is 12.8. The summed E-state index contributed by atoms with van der Waals surface area (Å²) in [5, 5.41) is 0. The highest BCUT2D eigenvalue weighted by Crippen LogP contribution is 2.43. The molecule has 96 valence electrons. The topological polar surface area (TPSA) is 20.3 Å². The quantitative estimate of drug-likeness (QED) is 0.755. The van der Waals surface area contributed by atoms with Crippen LogP contribution in [0.25, 0.3) is 0 Å². The number of benzene rings is 1. The number of hydrogen-bond acceptors (Lipinski definition) is 2. The van der Waals surface area contributed by atoms with E-state index in [-0.39, 0.29) is 5.41 Å². The zero-order valence-electron chi connectivity index (χ0n) is 11.3. The van der Waals surface area contributed by atoms with Crippen molar-refractivity contribution in [3.05, 3.63) is 35.4 Å². The Hall–Kier alpha value is -1.15. The van der Waals surface area contributed by atoms with Gasteiger partial charge in [-0.25, -0.2) is 0 Å². The highest BCUT2D eigenvalue weighted by molar-refractivity contribution is 5.96. The third kappa shape index (κ3) is 1.63. The van der Waals surface area contributed by atoms with Crippen molar-refractivity contribution < 1.29 is 4.79 Å². The molecule has 1 saturated heterocycles. The van der Waals surface area contributed by atoms with Crippen LogP contribution in [0.3, 0.4) is 0 Å². The van der Waals surface area contributed by atoms with Crippen molar-refractivity contribution in [1.29, 1.82) is 0 Å². The molecule has 0 saturated carbocycles. The first-order valence-electron chi connectivity index (χ1n) is 6.99. The third-order valence-corrected chi connectivity index (χ3v) is 4.80. The smallest absolute Gasteiger partial charge is 0.147 e. The van der Waals surface area contributed by atoms with Gasteiger partial charge in [-0.15, -0.1) is 0 Å². The van der Waals surface area contributed by atoms with Crippen LogP contribution in [0.5, 0.6) is 0 Å². The summed E-state index contributed by atoms with van der Waals surface area (Å²) in [7, 11) is 0. The molecule has 18 heavy (non-hydrogen) atoms. The number of carbonyl (C=O) groups excluding carboxylic acids is 1. The van der Waals surface area contributed by atoms with E-state index in [9.17, 15) is 4.79 Å².